The van der Waals surface area contributed by atoms with Gasteiger partial charge in [-0.05, 0) is 50.7 Å². The highest BCUT2D eigenvalue weighted by Gasteiger charge is 2.18. The molecule has 0 aliphatic heterocycles. The molecule has 0 aromatic heterocycles. The van der Waals surface area contributed by atoms with Crippen LogP contribution in [0.3, 0.4) is 0 Å². The van der Waals surface area contributed by atoms with Gasteiger partial charge < -0.3 is 0 Å². The average molecular weight is 423 g/mol. The van der Waals surface area contributed by atoms with Gasteiger partial charge in [-0.2, -0.15) is 0 Å². The van der Waals surface area contributed by atoms with Crippen molar-refractivity contribution in [1.29, 1.82) is 0 Å². The first kappa shape index (κ1) is 9.25. The van der Waals surface area contributed by atoms with E-state index in [1.807, 2.05) is 18.2 Å². The Morgan fingerprint density at radius 3 is 1.90 bits per heavy atom. The topological polar surface area (TPSA) is 0 Å². The van der Waals surface area contributed by atoms with E-state index >= 15 is 0 Å². The standard InChI is InChI=1S/C7H5BrI2/c8-7(9,10)6-4-2-1-3-5-6/h1-5H. The van der Waals surface area contributed by atoms with Crippen molar-refractivity contribution in [3.8, 4) is 0 Å². The molecule has 0 unspecified atom stereocenters. The van der Waals surface area contributed by atoms with Gasteiger partial charge in [0.25, 0.3) is 0 Å². The minimum Gasteiger partial charge on any atom is -0.0622 e. The van der Waals surface area contributed by atoms with Crippen LogP contribution < -0.4 is 0 Å². The summed E-state index contributed by atoms with van der Waals surface area (Å²) in [4.78, 5) is 0. The molecule has 0 spiro atoms. The van der Waals surface area contributed by atoms with Crippen molar-refractivity contribution in [2.45, 2.75) is 0.338 Å². The van der Waals surface area contributed by atoms with Crippen LogP contribution >= 0.6 is 61.1 Å². The minimum absolute atomic E-state index is 0.0454. The predicted octanol–water partition coefficient (Wildman–Crippen LogP) is 4.06. The molecular formula is C7H5BrI2. The highest BCUT2D eigenvalue weighted by Crippen LogP contribution is 2.44. The van der Waals surface area contributed by atoms with E-state index in [2.05, 4.69) is 73.2 Å². The summed E-state index contributed by atoms with van der Waals surface area (Å²) in [6.45, 7) is 0. The molecule has 1 aromatic carbocycles. The fourth-order valence-corrected chi connectivity index (χ4v) is 1.61. The third-order valence-electron chi connectivity index (χ3n) is 1.10. The molecule has 54 valence electrons. The van der Waals surface area contributed by atoms with Crippen LogP contribution in [0, 0.1) is 0 Å². The highest BCUT2D eigenvalue weighted by molar-refractivity contribution is 14.2. The predicted molar refractivity (Wildman–Crippen MR) is 65.1 cm³/mol. The molecule has 0 amide bonds. The zero-order valence-electron chi connectivity index (χ0n) is 5.02. The molecule has 0 bridgehead atoms. The lowest BCUT2D eigenvalue weighted by molar-refractivity contribution is 1.41. The Labute approximate surface area is 96.2 Å². The summed E-state index contributed by atoms with van der Waals surface area (Å²) >= 11 is 8.25. The van der Waals surface area contributed by atoms with Gasteiger partial charge in [0, 0.05) is 0 Å². The van der Waals surface area contributed by atoms with Crippen molar-refractivity contribution in [2.75, 3.05) is 0 Å². The Morgan fingerprint density at radius 1 is 1.10 bits per heavy atom. The van der Waals surface area contributed by atoms with Gasteiger partial charge in [-0.15, -0.1) is 0 Å². The Hall–Kier alpha value is 1.16. The van der Waals surface area contributed by atoms with E-state index in [4.69, 9.17) is 0 Å². The van der Waals surface area contributed by atoms with Gasteiger partial charge in [-0.3, -0.25) is 0 Å². The number of benzene rings is 1. The first-order valence-corrected chi connectivity index (χ1v) is 5.68. The van der Waals surface area contributed by atoms with Crippen molar-refractivity contribution in [3.63, 3.8) is 0 Å². The highest BCUT2D eigenvalue weighted by atomic mass is 127. The number of hydrogen-bond donors (Lipinski definition) is 0. The smallest absolute Gasteiger partial charge is 0.0622 e. The van der Waals surface area contributed by atoms with Crippen molar-refractivity contribution < 1.29 is 0 Å². The van der Waals surface area contributed by atoms with Crippen LogP contribution in [0.5, 0.6) is 0 Å². The van der Waals surface area contributed by atoms with Crippen LogP contribution in [-0.4, -0.2) is 0 Å². The second kappa shape index (κ2) is 3.71. The molecule has 0 aliphatic carbocycles. The molecule has 0 nitrogen and oxygen atoms in total. The fraction of sp³-hybridized carbons (Fsp3) is 0.143. The Morgan fingerprint density at radius 2 is 1.60 bits per heavy atom. The minimum atomic E-state index is 0.0454. The molecule has 3 heteroatoms. The molecule has 0 atom stereocenters. The van der Waals surface area contributed by atoms with E-state index in [-0.39, 0.29) is 0.338 Å². The molecule has 0 aliphatic rings. The SMILES string of the molecule is BrC(I)(I)c1ccccc1. The summed E-state index contributed by atoms with van der Waals surface area (Å²) < 4.78 is 0.0454. The first-order chi connectivity index (χ1) is 4.61. The van der Waals surface area contributed by atoms with E-state index < -0.39 is 0 Å². The van der Waals surface area contributed by atoms with E-state index in [0.717, 1.165) is 0 Å². The van der Waals surface area contributed by atoms with Crippen LogP contribution in [0.4, 0.5) is 0 Å². The maximum Gasteiger partial charge on any atom is 0.152 e. The van der Waals surface area contributed by atoms with Crippen LogP contribution in [-0.2, 0) is 0.338 Å². The normalized spacial score (nSPS) is 11.5. The average Bonchev–Trinajstić information content (AvgIpc) is 1.88. The van der Waals surface area contributed by atoms with Gasteiger partial charge >= 0.3 is 0 Å². The second-order valence-electron chi connectivity index (χ2n) is 1.86. The van der Waals surface area contributed by atoms with E-state index in [1.54, 1.807) is 0 Å². The molecule has 1 aromatic rings. The number of hydrogen-bond acceptors (Lipinski definition) is 0. The maximum absolute atomic E-state index is 3.56. The molecule has 0 N–H and O–H groups in total. The number of rotatable bonds is 1. The lowest BCUT2D eigenvalue weighted by Gasteiger charge is -2.11. The van der Waals surface area contributed by atoms with Crippen LogP contribution in [0.25, 0.3) is 0 Å². The molecular weight excluding hydrogens is 418 g/mol. The largest absolute Gasteiger partial charge is 0.152 e. The monoisotopic (exact) mass is 422 g/mol. The molecule has 0 heterocycles. The summed E-state index contributed by atoms with van der Waals surface area (Å²) in [6.07, 6.45) is 0. The molecule has 10 heavy (non-hydrogen) atoms. The third kappa shape index (κ3) is 2.65. The summed E-state index contributed by atoms with van der Waals surface area (Å²) in [5, 5.41) is 0. The van der Waals surface area contributed by atoms with Gasteiger partial charge in [0.1, 0.15) is 0 Å². The number of alkyl halides is 3. The second-order valence-corrected chi connectivity index (χ2v) is 11.3. The lowest BCUT2D eigenvalue weighted by atomic mass is 10.2. The lowest BCUT2D eigenvalue weighted by Crippen LogP contribution is -1.94. The molecule has 0 fully saturated rings. The van der Waals surface area contributed by atoms with E-state index in [9.17, 15) is 0 Å². The van der Waals surface area contributed by atoms with Crippen molar-refractivity contribution in [3.05, 3.63) is 35.9 Å². The fourth-order valence-electron chi connectivity index (χ4n) is 0.627. The van der Waals surface area contributed by atoms with Crippen LogP contribution in [0.1, 0.15) is 5.56 Å². The van der Waals surface area contributed by atoms with E-state index in [1.165, 1.54) is 5.56 Å². The van der Waals surface area contributed by atoms with Gasteiger partial charge in [0.2, 0.25) is 0 Å². The van der Waals surface area contributed by atoms with Gasteiger partial charge in [-0.25, -0.2) is 0 Å². The molecule has 0 saturated carbocycles. The van der Waals surface area contributed by atoms with Crippen LogP contribution in [0.15, 0.2) is 30.3 Å². The quantitative estimate of drug-likeness (QED) is 0.473. The van der Waals surface area contributed by atoms with Crippen molar-refractivity contribution in [1.82, 2.24) is 0 Å². The zero-order chi connectivity index (χ0) is 7.61. The summed E-state index contributed by atoms with van der Waals surface area (Å²) in [5.74, 6) is 0. The first-order valence-electron chi connectivity index (χ1n) is 2.73. The van der Waals surface area contributed by atoms with Crippen LogP contribution in [0.2, 0.25) is 0 Å². The Bertz CT molecular complexity index is 203. The van der Waals surface area contributed by atoms with E-state index in [0.29, 0.717) is 0 Å². The van der Waals surface area contributed by atoms with Crippen molar-refractivity contribution >= 4 is 61.1 Å². The molecule has 0 saturated heterocycles. The summed E-state index contributed by atoms with van der Waals surface area (Å²) in [7, 11) is 0. The third-order valence-corrected chi connectivity index (χ3v) is 2.80. The maximum atomic E-state index is 3.56. The molecule has 0 radical (unpaired) electrons. The number of halogens is 3. The van der Waals surface area contributed by atoms with Gasteiger partial charge in [0.05, 0.1) is 0 Å². The van der Waals surface area contributed by atoms with Gasteiger partial charge in [0.15, 0.2) is 0.338 Å². The van der Waals surface area contributed by atoms with Crippen molar-refractivity contribution in [2.24, 2.45) is 0 Å². The summed E-state index contributed by atoms with van der Waals surface area (Å²) in [6, 6.07) is 10.3. The Kier molecular flexibility index (Phi) is 3.43. The van der Waals surface area contributed by atoms with Gasteiger partial charge in [-0.1, -0.05) is 46.3 Å². The summed E-state index contributed by atoms with van der Waals surface area (Å²) in [5.41, 5.74) is 1.29. The molecule has 1 rings (SSSR count). The zero-order valence-corrected chi connectivity index (χ0v) is 10.9. The Balaban J connectivity index is 2.97.